The number of benzene rings is 1. The first kappa shape index (κ1) is 20.4. The summed E-state index contributed by atoms with van der Waals surface area (Å²) in [4.78, 5) is 6.80. The molecule has 1 aliphatic heterocycles. The average Bonchev–Trinajstić information content (AvgIpc) is 3.34. The largest absolute Gasteiger partial charge is 0.491 e. The lowest BCUT2D eigenvalue weighted by Gasteiger charge is -2.27. The third kappa shape index (κ3) is 4.05. The van der Waals surface area contributed by atoms with Crippen molar-refractivity contribution >= 4 is 23.0 Å². The molecule has 5 nitrogen and oxygen atoms in total. The zero-order valence-corrected chi connectivity index (χ0v) is 18.6. The van der Waals surface area contributed by atoms with E-state index in [-0.39, 0.29) is 18.2 Å². The standard InChI is InChI=1S/C24H28N4OS/c1-16(2)27-14-12-18(15-27)23-22(21-7-5-6-13-25-21)26-24(30)28(23)19-8-10-20(11-9-19)29-17(3)4/h5-17,22-23H,1-4H3,(H,26,30). The quantitative estimate of drug-likeness (QED) is 0.539. The minimum atomic E-state index is -0.0340. The van der Waals surface area contributed by atoms with Crippen LogP contribution in [0.4, 0.5) is 5.69 Å². The van der Waals surface area contributed by atoms with E-state index < -0.39 is 0 Å². The van der Waals surface area contributed by atoms with Gasteiger partial charge in [0.1, 0.15) is 5.75 Å². The second-order valence-corrected chi connectivity index (χ2v) is 8.53. The number of anilines is 1. The number of nitrogens with one attached hydrogen (secondary N) is 1. The Hall–Kier alpha value is -2.86. The van der Waals surface area contributed by atoms with Crippen LogP contribution in [0.5, 0.6) is 5.75 Å². The lowest BCUT2D eigenvalue weighted by Crippen LogP contribution is -2.29. The fraction of sp³-hybridized carbons (Fsp3) is 0.333. The molecule has 0 amide bonds. The fourth-order valence-electron chi connectivity index (χ4n) is 3.86. The van der Waals surface area contributed by atoms with Gasteiger partial charge in [-0.1, -0.05) is 6.07 Å². The number of aromatic nitrogens is 2. The smallest absolute Gasteiger partial charge is 0.174 e. The molecular weight excluding hydrogens is 392 g/mol. The minimum Gasteiger partial charge on any atom is -0.491 e. The molecule has 1 saturated heterocycles. The Morgan fingerprint density at radius 3 is 2.40 bits per heavy atom. The Morgan fingerprint density at radius 2 is 1.80 bits per heavy atom. The highest BCUT2D eigenvalue weighted by Gasteiger charge is 2.41. The number of hydrogen-bond acceptors (Lipinski definition) is 3. The summed E-state index contributed by atoms with van der Waals surface area (Å²) in [6, 6.07) is 16.7. The van der Waals surface area contributed by atoms with Gasteiger partial charge in [-0.25, -0.2) is 0 Å². The lowest BCUT2D eigenvalue weighted by molar-refractivity contribution is 0.242. The van der Waals surface area contributed by atoms with Crippen molar-refractivity contribution in [3.63, 3.8) is 0 Å². The van der Waals surface area contributed by atoms with Gasteiger partial charge >= 0.3 is 0 Å². The number of hydrogen-bond donors (Lipinski definition) is 1. The summed E-state index contributed by atoms with van der Waals surface area (Å²) < 4.78 is 8.04. The molecule has 4 rings (SSSR count). The molecule has 3 heterocycles. The summed E-state index contributed by atoms with van der Waals surface area (Å²) in [5.41, 5.74) is 3.21. The second-order valence-electron chi connectivity index (χ2n) is 8.14. The van der Waals surface area contributed by atoms with Gasteiger partial charge in [0.15, 0.2) is 5.11 Å². The predicted octanol–water partition coefficient (Wildman–Crippen LogP) is 5.43. The van der Waals surface area contributed by atoms with E-state index in [0.29, 0.717) is 11.2 Å². The van der Waals surface area contributed by atoms with Crippen LogP contribution in [0.3, 0.4) is 0 Å². The Bertz CT molecular complexity index is 998. The topological polar surface area (TPSA) is 42.3 Å². The Labute approximate surface area is 183 Å². The van der Waals surface area contributed by atoms with Gasteiger partial charge in [-0.05, 0) is 87.9 Å². The van der Waals surface area contributed by atoms with E-state index in [1.54, 1.807) is 0 Å². The van der Waals surface area contributed by atoms with Crippen LogP contribution in [0, 0.1) is 0 Å². The minimum absolute atomic E-state index is 0.00395. The molecule has 0 bridgehead atoms. The van der Waals surface area contributed by atoms with Crippen molar-refractivity contribution in [2.45, 2.75) is 51.9 Å². The summed E-state index contributed by atoms with van der Waals surface area (Å²) >= 11 is 5.79. The van der Waals surface area contributed by atoms with Crippen LogP contribution in [-0.4, -0.2) is 20.8 Å². The molecular formula is C24H28N4OS. The summed E-state index contributed by atoms with van der Waals surface area (Å²) in [5, 5.41) is 4.21. The molecule has 1 aromatic carbocycles. The third-order valence-electron chi connectivity index (χ3n) is 5.26. The normalized spacial score (nSPS) is 18.9. The van der Waals surface area contributed by atoms with Crippen LogP contribution in [0.25, 0.3) is 0 Å². The van der Waals surface area contributed by atoms with E-state index in [1.165, 1.54) is 5.56 Å². The third-order valence-corrected chi connectivity index (χ3v) is 5.57. The molecule has 156 valence electrons. The van der Waals surface area contributed by atoms with Gasteiger partial charge in [0, 0.05) is 30.3 Å². The molecule has 30 heavy (non-hydrogen) atoms. The maximum absolute atomic E-state index is 5.81. The van der Waals surface area contributed by atoms with E-state index in [1.807, 2.05) is 44.3 Å². The van der Waals surface area contributed by atoms with Crippen LogP contribution < -0.4 is 15.0 Å². The lowest BCUT2D eigenvalue weighted by atomic mass is 9.98. The van der Waals surface area contributed by atoms with Crippen molar-refractivity contribution in [3.05, 3.63) is 78.4 Å². The Morgan fingerprint density at radius 1 is 1.03 bits per heavy atom. The molecule has 2 aromatic heterocycles. The van der Waals surface area contributed by atoms with Gasteiger partial charge < -0.3 is 19.5 Å². The number of pyridine rings is 1. The molecule has 2 unspecified atom stereocenters. The van der Waals surface area contributed by atoms with Gasteiger partial charge in [0.25, 0.3) is 0 Å². The number of nitrogens with zero attached hydrogens (tertiary/aromatic N) is 3. The van der Waals surface area contributed by atoms with Crippen LogP contribution in [0.1, 0.15) is 57.1 Å². The Balaban J connectivity index is 1.74. The second kappa shape index (κ2) is 8.48. The first-order chi connectivity index (χ1) is 14.4. The van der Waals surface area contributed by atoms with Crippen LogP contribution in [0.15, 0.2) is 67.1 Å². The zero-order valence-electron chi connectivity index (χ0n) is 17.8. The molecule has 0 spiro atoms. The number of ether oxygens (including phenoxy) is 1. The van der Waals surface area contributed by atoms with E-state index in [9.17, 15) is 0 Å². The fourth-order valence-corrected chi connectivity index (χ4v) is 4.20. The number of rotatable bonds is 6. The highest BCUT2D eigenvalue weighted by Crippen LogP contribution is 2.42. The van der Waals surface area contributed by atoms with E-state index in [2.05, 4.69) is 70.3 Å². The predicted molar refractivity (Wildman–Crippen MR) is 125 cm³/mol. The molecule has 0 saturated carbocycles. The summed E-state index contributed by atoms with van der Waals surface area (Å²) in [5.74, 6) is 0.857. The highest BCUT2D eigenvalue weighted by atomic mass is 32.1. The van der Waals surface area contributed by atoms with Gasteiger partial charge in [-0.15, -0.1) is 0 Å². The van der Waals surface area contributed by atoms with Gasteiger partial charge in [0.2, 0.25) is 0 Å². The summed E-state index contributed by atoms with van der Waals surface area (Å²) in [7, 11) is 0. The van der Waals surface area contributed by atoms with Crippen molar-refractivity contribution in [1.82, 2.24) is 14.9 Å². The van der Waals surface area contributed by atoms with Crippen molar-refractivity contribution < 1.29 is 4.74 Å². The van der Waals surface area contributed by atoms with Gasteiger partial charge in [-0.3, -0.25) is 4.98 Å². The molecule has 0 aliphatic carbocycles. The van der Waals surface area contributed by atoms with Crippen LogP contribution in [-0.2, 0) is 0 Å². The summed E-state index contributed by atoms with van der Waals surface area (Å²) in [6.07, 6.45) is 6.32. The molecule has 6 heteroatoms. The van der Waals surface area contributed by atoms with Crippen molar-refractivity contribution in [2.24, 2.45) is 0 Å². The van der Waals surface area contributed by atoms with Crippen molar-refractivity contribution in [1.29, 1.82) is 0 Å². The molecule has 1 fully saturated rings. The SMILES string of the molecule is CC(C)Oc1ccc(N2C(=S)NC(c3ccccn3)C2c2ccn(C(C)C)c2)cc1. The maximum atomic E-state index is 5.81. The zero-order chi connectivity index (χ0) is 21.3. The van der Waals surface area contributed by atoms with E-state index in [0.717, 1.165) is 17.1 Å². The Kier molecular flexibility index (Phi) is 5.77. The monoisotopic (exact) mass is 420 g/mol. The average molecular weight is 421 g/mol. The maximum Gasteiger partial charge on any atom is 0.174 e. The van der Waals surface area contributed by atoms with Gasteiger partial charge in [0.05, 0.1) is 23.9 Å². The molecule has 1 N–H and O–H groups in total. The van der Waals surface area contributed by atoms with Crippen LogP contribution >= 0.6 is 12.2 Å². The molecule has 2 atom stereocenters. The molecule has 3 aromatic rings. The first-order valence-electron chi connectivity index (χ1n) is 10.4. The highest BCUT2D eigenvalue weighted by molar-refractivity contribution is 7.80. The van der Waals surface area contributed by atoms with Crippen molar-refractivity contribution in [3.8, 4) is 5.75 Å². The first-order valence-corrected chi connectivity index (χ1v) is 10.8. The van der Waals surface area contributed by atoms with E-state index in [4.69, 9.17) is 17.0 Å². The molecule has 1 aliphatic rings. The summed E-state index contributed by atoms with van der Waals surface area (Å²) in [6.45, 7) is 8.42. The van der Waals surface area contributed by atoms with Crippen LogP contribution in [0.2, 0.25) is 0 Å². The molecule has 0 radical (unpaired) electrons. The van der Waals surface area contributed by atoms with E-state index >= 15 is 0 Å². The van der Waals surface area contributed by atoms with Crippen molar-refractivity contribution in [2.75, 3.05) is 4.90 Å². The van der Waals surface area contributed by atoms with Gasteiger partial charge in [-0.2, -0.15) is 0 Å². The number of thiocarbonyl (C=S) groups is 1.